The molecule has 28 heavy (non-hydrogen) atoms. The van der Waals surface area contributed by atoms with Crippen LogP contribution in [-0.4, -0.2) is 66.2 Å². The molecule has 2 N–H and O–H groups in total. The number of nitrogens with one attached hydrogen (secondary N) is 2. The van der Waals surface area contributed by atoms with Gasteiger partial charge in [-0.25, -0.2) is 0 Å². The number of benzene rings is 1. The maximum Gasteiger partial charge on any atom is 0.191 e. The molecule has 8 heteroatoms. The lowest BCUT2D eigenvalue weighted by molar-refractivity contribution is 0.0698. The molecular formula is C20H36IN3O4. The molecule has 1 aromatic carbocycles. The minimum Gasteiger partial charge on any atom is -0.497 e. The highest BCUT2D eigenvalue weighted by Gasteiger charge is 1.98. The molecule has 0 aliphatic heterocycles. The third-order valence-electron chi connectivity index (χ3n) is 3.68. The van der Waals surface area contributed by atoms with E-state index in [1.54, 1.807) is 14.2 Å². The molecule has 0 fully saturated rings. The number of nitrogens with zero attached hydrogens (tertiary/aromatic N) is 1. The standard InChI is InChI=1S/C20H35N3O4.HI/c1-4-21-20(22-11-5-13-26-16-15-24-2)23-12-6-14-27-17-18-7-9-19(25-3)10-8-18;/h7-10H,4-6,11-17H2,1-3H3,(H2,21,22,23);1H. The molecule has 0 aromatic heterocycles. The number of ether oxygens (including phenoxy) is 4. The van der Waals surface area contributed by atoms with Crippen LogP contribution < -0.4 is 15.4 Å². The van der Waals surface area contributed by atoms with Crippen LogP contribution in [0.15, 0.2) is 29.3 Å². The van der Waals surface area contributed by atoms with Crippen molar-refractivity contribution >= 4 is 29.9 Å². The Morgan fingerprint density at radius 1 is 0.929 bits per heavy atom. The van der Waals surface area contributed by atoms with Crippen molar-refractivity contribution in [3.05, 3.63) is 29.8 Å². The summed E-state index contributed by atoms with van der Waals surface area (Å²) in [5, 5.41) is 6.56. The monoisotopic (exact) mass is 509 g/mol. The lowest BCUT2D eigenvalue weighted by Gasteiger charge is -2.11. The van der Waals surface area contributed by atoms with E-state index in [0.717, 1.165) is 56.4 Å². The first kappa shape index (κ1) is 26.9. The van der Waals surface area contributed by atoms with E-state index in [9.17, 15) is 0 Å². The van der Waals surface area contributed by atoms with Crippen molar-refractivity contribution in [2.24, 2.45) is 4.99 Å². The summed E-state index contributed by atoms with van der Waals surface area (Å²) in [5.74, 6) is 1.70. The molecule has 1 rings (SSSR count). The van der Waals surface area contributed by atoms with Gasteiger partial charge in [-0.05, 0) is 37.5 Å². The molecule has 0 aliphatic rings. The Kier molecular flexibility index (Phi) is 18.5. The molecule has 0 unspecified atom stereocenters. The molecule has 0 saturated carbocycles. The van der Waals surface area contributed by atoms with Crippen LogP contribution in [0, 0.1) is 0 Å². The molecule has 7 nitrogen and oxygen atoms in total. The number of hydrogen-bond donors (Lipinski definition) is 2. The Balaban J connectivity index is 0.00000729. The van der Waals surface area contributed by atoms with Gasteiger partial charge in [0.1, 0.15) is 5.75 Å². The molecule has 0 atom stereocenters. The van der Waals surface area contributed by atoms with Crippen LogP contribution in [0.1, 0.15) is 25.3 Å². The summed E-state index contributed by atoms with van der Waals surface area (Å²) in [6.45, 7) is 7.73. The topological polar surface area (TPSA) is 73.3 Å². The Morgan fingerprint density at radius 3 is 2.36 bits per heavy atom. The van der Waals surface area contributed by atoms with Gasteiger partial charge in [0.05, 0.1) is 26.9 Å². The van der Waals surface area contributed by atoms with Crippen LogP contribution >= 0.6 is 24.0 Å². The van der Waals surface area contributed by atoms with Gasteiger partial charge in [-0.2, -0.15) is 0 Å². The molecule has 0 aliphatic carbocycles. The zero-order chi connectivity index (χ0) is 19.6. The summed E-state index contributed by atoms with van der Waals surface area (Å²) in [6.07, 6.45) is 1.81. The molecule has 0 bridgehead atoms. The van der Waals surface area contributed by atoms with Gasteiger partial charge in [-0.15, -0.1) is 24.0 Å². The van der Waals surface area contributed by atoms with Gasteiger partial charge in [0.2, 0.25) is 0 Å². The Bertz CT molecular complexity index is 501. The predicted octanol–water partition coefficient (Wildman–Crippen LogP) is 2.83. The van der Waals surface area contributed by atoms with Gasteiger partial charge >= 0.3 is 0 Å². The Labute approximate surface area is 186 Å². The lowest BCUT2D eigenvalue weighted by Crippen LogP contribution is -2.38. The largest absolute Gasteiger partial charge is 0.497 e. The van der Waals surface area contributed by atoms with Crippen LogP contribution in [0.5, 0.6) is 5.75 Å². The molecule has 0 radical (unpaired) electrons. The fourth-order valence-corrected chi connectivity index (χ4v) is 2.24. The highest BCUT2D eigenvalue weighted by Crippen LogP contribution is 2.11. The molecule has 1 aromatic rings. The SMILES string of the molecule is CCNC(=NCCCOCc1ccc(OC)cc1)NCCCOCCOC.I. The Hall–Kier alpha value is -1.10. The van der Waals surface area contributed by atoms with Crippen LogP contribution in [-0.2, 0) is 20.8 Å². The van der Waals surface area contributed by atoms with Crippen molar-refractivity contribution in [3.8, 4) is 5.75 Å². The van der Waals surface area contributed by atoms with E-state index in [1.807, 2.05) is 24.3 Å². The van der Waals surface area contributed by atoms with E-state index in [0.29, 0.717) is 26.4 Å². The molecule has 0 spiro atoms. The molecular weight excluding hydrogens is 473 g/mol. The minimum absolute atomic E-state index is 0. The van der Waals surface area contributed by atoms with E-state index in [4.69, 9.17) is 18.9 Å². The number of rotatable bonds is 15. The van der Waals surface area contributed by atoms with Gasteiger partial charge in [0, 0.05) is 40.0 Å². The van der Waals surface area contributed by atoms with E-state index in [1.165, 1.54) is 0 Å². The van der Waals surface area contributed by atoms with Gasteiger partial charge in [-0.1, -0.05) is 12.1 Å². The van der Waals surface area contributed by atoms with Crippen molar-refractivity contribution in [1.82, 2.24) is 10.6 Å². The second kappa shape index (κ2) is 19.2. The van der Waals surface area contributed by atoms with Crippen LogP contribution in [0.3, 0.4) is 0 Å². The molecule has 0 heterocycles. The van der Waals surface area contributed by atoms with E-state index >= 15 is 0 Å². The highest BCUT2D eigenvalue weighted by molar-refractivity contribution is 14.0. The third-order valence-corrected chi connectivity index (χ3v) is 3.68. The number of methoxy groups -OCH3 is 2. The summed E-state index contributed by atoms with van der Waals surface area (Å²) >= 11 is 0. The fraction of sp³-hybridized carbons (Fsp3) is 0.650. The highest BCUT2D eigenvalue weighted by atomic mass is 127. The minimum atomic E-state index is 0. The first-order chi connectivity index (χ1) is 13.3. The quantitative estimate of drug-likeness (QED) is 0.164. The lowest BCUT2D eigenvalue weighted by atomic mass is 10.2. The van der Waals surface area contributed by atoms with Crippen molar-refractivity contribution in [3.63, 3.8) is 0 Å². The average Bonchev–Trinajstić information content (AvgIpc) is 2.70. The van der Waals surface area contributed by atoms with Gasteiger partial charge in [0.25, 0.3) is 0 Å². The van der Waals surface area contributed by atoms with E-state index in [-0.39, 0.29) is 24.0 Å². The molecule has 162 valence electrons. The van der Waals surface area contributed by atoms with Crippen LogP contribution in [0.25, 0.3) is 0 Å². The first-order valence-corrected chi connectivity index (χ1v) is 9.59. The van der Waals surface area contributed by atoms with Crippen molar-refractivity contribution in [2.75, 3.05) is 60.3 Å². The van der Waals surface area contributed by atoms with Crippen molar-refractivity contribution < 1.29 is 18.9 Å². The van der Waals surface area contributed by atoms with Crippen LogP contribution in [0.2, 0.25) is 0 Å². The maximum absolute atomic E-state index is 5.70. The molecule has 0 amide bonds. The van der Waals surface area contributed by atoms with E-state index in [2.05, 4.69) is 22.5 Å². The van der Waals surface area contributed by atoms with Gasteiger partial charge in [-0.3, -0.25) is 4.99 Å². The van der Waals surface area contributed by atoms with Crippen molar-refractivity contribution in [1.29, 1.82) is 0 Å². The molecule has 0 saturated heterocycles. The normalized spacial score (nSPS) is 11.0. The zero-order valence-corrected chi connectivity index (χ0v) is 19.7. The number of guanidine groups is 1. The second-order valence-corrected chi connectivity index (χ2v) is 5.90. The maximum atomic E-state index is 5.70. The Morgan fingerprint density at radius 2 is 1.68 bits per heavy atom. The summed E-state index contributed by atoms with van der Waals surface area (Å²) in [4.78, 5) is 4.57. The zero-order valence-electron chi connectivity index (χ0n) is 17.4. The number of hydrogen-bond acceptors (Lipinski definition) is 5. The smallest absolute Gasteiger partial charge is 0.191 e. The summed E-state index contributed by atoms with van der Waals surface area (Å²) in [6, 6.07) is 7.92. The number of aliphatic imine (C=N–C) groups is 1. The van der Waals surface area contributed by atoms with E-state index < -0.39 is 0 Å². The van der Waals surface area contributed by atoms with Crippen LogP contribution in [0.4, 0.5) is 0 Å². The average molecular weight is 509 g/mol. The fourth-order valence-electron chi connectivity index (χ4n) is 2.24. The summed E-state index contributed by atoms with van der Waals surface area (Å²) < 4.78 is 21.2. The summed E-state index contributed by atoms with van der Waals surface area (Å²) in [7, 11) is 3.34. The number of halogens is 1. The second-order valence-electron chi connectivity index (χ2n) is 5.90. The van der Waals surface area contributed by atoms with Gasteiger partial charge < -0.3 is 29.6 Å². The summed E-state index contributed by atoms with van der Waals surface area (Å²) in [5.41, 5.74) is 1.14. The van der Waals surface area contributed by atoms with Gasteiger partial charge in [0.15, 0.2) is 5.96 Å². The first-order valence-electron chi connectivity index (χ1n) is 9.59. The van der Waals surface area contributed by atoms with Crippen molar-refractivity contribution in [2.45, 2.75) is 26.4 Å². The predicted molar refractivity (Wildman–Crippen MR) is 124 cm³/mol. The third kappa shape index (κ3) is 14.0.